The second kappa shape index (κ2) is 8.28. The molecule has 0 unspecified atom stereocenters. The summed E-state index contributed by atoms with van der Waals surface area (Å²) in [7, 11) is 0. The Hall–Kier alpha value is -6.32. The van der Waals surface area contributed by atoms with Crippen LogP contribution >= 0.6 is 0 Å². The van der Waals surface area contributed by atoms with Crippen LogP contribution in [0.4, 0.5) is 0 Å². The molecule has 0 atom stereocenters. The highest BCUT2D eigenvalue weighted by atomic mass is 16.3. The minimum atomic E-state index is 0.905. The van der Waals surface area contributed by atoms with Crippen LogP contribution in [0.15, 0.2) is 150 Å². The molecule has 1 aliphatic carbocycles. The van der Waals surface area contributed by atoms with E-state index in [9.17, 15) is 0 Å². The van der Waals surface area contributed by atoms with Gasteiger partial charge in [-0.05, 0) is 81.9 Å². The van der Waals surface area contributed by atoms with Crippen molar-refractivity contribution in [2.75, 3.05) is 0 Å². The highest BCUT2D eigenvalue weighted by molar-refractivity contribution is 6.38. The quantitative estimate of drug-likeness (QED) is 0.195. The molecule has 8 aromatic carbocycles. The fourth-order valence-corrected chi connectivity index (χ4v) is 8.77. The standard InChI is InChI=1S/C44H24N2O/c1-2-9-27(10-3-1)45-33-14-6-12-30-31-13-7-15-34-42(31)44-36(22-17-26-16-21-35(45)43(39(26)44)41(30)33)46(34)28-19-20-32-38(24-28)47-37-23-18-25-8-4-5-11-29(25)40(32)37/h1-24H. The van der Waals surface area contributed by atoms with E-state index in [1.54, 1.807) is 0 Å². The molecular formula is C44H24N2O. The molecule has 12 rings (SSSR count). The molecule has 0 saturated heterocycles. The summed E-state index contributed by atoms with van der Waals surface area (Å²) in [5.74, 6) is 0. The average molecular weight is 597 g/mol. The molecule has 0 spiro atoms. The first-order valence-electron chi connectivity index (χ1n) is 16.2. The second-order valence-electron chi connectivity index (χ2n) is 12.9. The minimum absolute atomic E-state index is 0.905. The molecule has 11 aromatic rings. The van der Waals surface area contributed by atoms with Crippen LogP contribution in [0.3, 0.4) is 0 Å². The van der Waals surface area contributed by atoms with Crippen molar-refractivity contribution in [3.05, 3.63) is 146 Å². The van der Waals surface area contributed by atoms with Crippen LogP contribution in [-0.4, -0.2) is 9.13 Å². The Morgan fingerprint density at radius 3 is 1.72 bits per heavy atom. The number of fused-ring (bicyclic) bond motifs is 6. The van der Waals surface area contributed by atoms with Gasteiger partial charge in [0.25, 0.3) is 0 Å². The molecule has 3 aromatic heterocycles. The number of furan rings is 1. The molecule has 0 N–H and O–H groups in total. The lowest BCUT2D eigenvalue weighted by molar-refractivity contribution is 0.669. The van der Waals surface area contributed by atoms with Gasteiger partial charge in [0.2, 0.25) is 0 Å². The Labute approximate surface area is 268 Å². The molecule has 47 heavy (non-hydrogen) atoms. The van der Waals surface area contributed by atoms with Crippen LogP contribution < -0.4 is 0 Å². The number of para-hydroxylation sites is 1. The third kappa shape index (κ3) is 2.85. The third-order valence-corrected chi connectivity index (χ3v) is 10.6. The Morgan fingerprint density at radius 1 is 0.340 bits per heavy atom. The first-order valence-corrected chi connectivity index (χ1v) is 16.2. The lowest BCUT2D eigenvalue weighted by atomic mass is 9.98. The van der Waals surface area contributed by atoms with E-state index in [2.05, 4.69) is 155 Å². The summed E-state index contributed by atoms with van der Waals surface area (Å²) < 4.78 is 11.4. The average Bonchev–Trinajstić information content (AvgIpc) is 3.76. The van der Waals surface area contributed by atoms with Gasteiger partial charge >= 0.3 is 0 Å². The van der Waals surface area contributed by atoms with E-state index in [0.717, 1.165) is 22.2 Å². The molecule has 216 valence electrons. The lowest BCUT2D eigenvalue weighted by Crippen LogP contribution is -1.94. The molecule has 0 amide bonds. The SMILES string of the molecule is c1ccc(-n2c3cccc4c3c3c5c(ccc32)ccc2c5c3c-4cccc3n2-c2ccc3c(c2)oc2ccc4ccccc4c23)cc1. The number of nitrogens with zero attached hydrogens (tertiary/aromatic N) is 2. The fraction of sp³-hybridized carbons (Fsp3) is 0. The van der Waals surface area contributed by atoms with Crippen molar-refractivity contribution < 1.29 is 4.42 Å². The van der Waals surface area contributed by atoms with Crippen molar-refractivity contribution in [2.24, 2.45) is 0 Å². The highest BCUT2D eigenvalue weighted by Gasteiger charge is 2.27. The van der Waals surface area contributed by atoms with Crippen LogP contribution in [0, 0.1) is 0 Å². The summed E-state index contributed by atoms with van der Waals surface area (Å²) in [5, 5.41) is 12.7. The summed E-state index contributed by atoms with van der Waals surface area (Å²) in [4.78, 5) is 0. The van der Waals surface area contributed by atoms with Gasteiger partial charge in [-0.1, -0.05) is 84.9 Å². The molecule has 1 aliphatic rings. The van der Waals surface area contributed by atoms with Gasteiger partial charge < -0.3 is 13.6 Å². The highest BCUT2D eigenvalue weighted by Crippen LogP contribution is 2.51. The first kappa shape index (κ1) is 24.0. The van der Waals surface area contributed by atoms with Gasteiger partial charge in [0.05, 0.1) is 22.1 Å². The van der Waals surface area contributed by atoms with Crippen molar-refractivity contribution in [1.82, 2.24) is 9.13 Å². The second-order valence-corrected chi connectivity index (χ2v) is 12.9. The van der Waals surface area contributed by atoms with Gasteiger partial charge in [-0.3, -0.25) is 0 Å². The zero-order chi connectivity index (χ0) is 30.4. The molecule has 3 heterocycles. The largest absolute Gasteiger partial charge is 0.456 e. The van der Waals surface area contributed by atoms with Crippen molar-refractivity contribution >= 4 is 87.1 Å². The maximum Gasteiger partial charge on any atom is 0.137 e. The third-order valence-electron chi connectivity index (χ3n) is 10.6. The van der Waals surface area contributed by atoms with E-state index < -0.39 is 0 Å². The van der Waals surface area contributed by atoms with Gasteiger partial charge in [-0.25, -0.2) is 0 Å². The predicted octanol–water partition coefficient (Wildman–Crippen LogP) is 12.1. The zero-order valence-electron chi connectivity index (χ0n) is 25.2. The van der Waals surface area contributed by atoms with Gasteiger partial charge in [0.15, 0.2) is 0 Å². The molecule has 0 aliphatic heterocycles. The Morgan fingerprint density at radius 2 is 0.979 bits per heavy atom. The van der Waals surface area contributed by atoms with Crippen molar-refractivity contribution in [3.8, 4) is 22.5 Å². The van der Waals surface area contributed by atoms with Crippen molar-refractivity contribution in [3.63, 3.8) is 0 Å². The molecule has 0 fully saturated rings. The first-order chi connectivity index (χ1) is 23.3. The molecule has 3 heteroatoms. The molecule has 3 nitrogen and oxygen atoms in total. The fourth-order valence-electron chi connectivity index (χ4n) is 8.77. The van der Waals surface area contributed by atoms with Gasteiger partial charge in [-0.15, -0.1) is 0 Å². The number of aromatic nitrogens is 2. The minimum Gasteiger partial charge on any atom is -0.456 e. The zero-order valence-corrected chi connectivity index (χ0v) is 25.2. The lowest BCUT2D eigenvalue weighted by Gasteiger charge is -2.10. The van der Waals surface area contributed by atoms with E-state index in [1.165, 1.54) is 87.4 Å². The Balaban J connectivity index is 1.24. The monoisotopic (exact) mass is 596 g/mol. The van der Waals surface area contributed by atoms with Gasteiger partial charge in [-0.2, -0.15) is 0 Å². The van der Waals surface area contributed by atoms with Crippen molar-refractivity contribution in [2.45, 2.75) is 0 Å². The van der Waals surface area contributed by atoms with E-state index in [0.29, 0.717) is 0 Å². The number of benzene rings is 8. The topological polar surface area (TPSA) is 23.0 Å². The van der Waals surface area contributed by atoms with Crippen LogP contribution in [-0.2, 0) is 0 Å². The number of hydrogen-bond donors (Lipinski definition) is 0. The Kier molecular flexibility index (Phi) is 4.22. The normalized spacial score (nSPS) is 12.7. The van der Waals surface area contributed by atoms with E-state index in [1.807, 2.05) is 0 Å². The van der Waals surface area contributed by atoms with E-state index >= 15 is 0 Å². The van der Waals surface area contributed by atoms with Crippen LogP contribution in [0.25, 0.3) is 110 Å². The van der Waals surface area contributed by atoms with Crippen molar-refractivity contribution in [1.29, 1.82) is 0 Å². The smallest absolute Gasteiger partial charge is 0.137 e. The summed E-state index contributed by atoms with van der Waals surface area (Å²) in [6.07, 6.45) is 0. The molecule has 0 radical (unpaired) electrons. The Bertz CT molecular complexity index is 3170. The maximum atomic E-state index is 6.55. The number of rotatable bonds is 2. The molecule has 0 bridgehead atoms. The summed E-state index contributed by atoms with van der Waals surface area (Å²) in [6.45, 7) is 0. The molecular weight excluding hydrogens is 572 g/mol. The van der Waals surface area contributed by atoms with E-state index in [4.69, 9.17) is 4.42 Å². The van der Waals surface area contributed by atoms with Crippen LogP contribution in [0.2, 0.25) is 0 Å². The summed E-state index contributed by atoms with van der Waals surface area (Å²) >= 11 is 0. The maximum absolute atomic E-state index is 6.55. The predicted molar refractivity (Wildman–Crippen MR) is 196 cm³/mol. The van der Waals surface area contributed by atoms with E-state index in [-0.39, 0.29) is 0 Å². The summed E-state index contributed by atoms with van der Waals surface area (Å²) in [5.41, 5.74) is 11.6. The summed E-state index contributed by atoms with van der Waals surface area (Å²) in [6, 6.07) is 53.2. The van der Waals surface area contributed by atoms with Crippen LogP contribution in [0.5, 0.6) is 0 Å². The molecule has 0 saturated carbocycles. The van der Waals surface area contributed by atoms with Gasteiger partial charge in [0.1, 0.15) is 11.2 Å². The number of hydrogen-bond acceptors (Lipinski definition) is 1. The van der Waals surface area contributed by atoms with Crippen LogP contribution in [0.1, 0.15) is 0 Å². The van der Waals surface area contributed by atoms with Gasteiger partial charge in [0, 0.05) is 55.1 Å².